The zero-order valence-corrected chi connectivity index (χ0v) is 14.6. The molecule has 0 fully saturated rings. The summed E-state index contributed by atoms with van der Waals surface area (Å²) in [5, 5.41) is 6.21. The van der Waals surface area contributed by atoms with Crippen LogP contribution in [0.15, 0.2) is 24.4 Å². The van der Waals surface area contributed by atoms with Crippen LogP contribution in [-0.4, -0.2) is 59.5 Å². The minimum absolute atomic E-state index is 0.108. The molecule has 25 heavy (non-hydrogen) atoms. The summed E-state index contributed by atoms with van der Waals surface area (Å²) in [5.41, 5.74) is 6.19. The molecule has 0 spiro atoms. The van der Waals surface area contributed by atoms with Crippen molar-refractivity contribution in [2.75, 3.05) is 50.2 Å². The highest BCUT2D eigenvalue weighted by atomic mass is 35.5. The minimum Gasteiger partial charge on any atom is -0.378 e. The van der Waals surface area contributed by atoms with E-state index in [1.165, 1.54) is 0 Å². The molecular weight excluding hydrogens is 346 g/mol. The van der Waals surface area contributed by atoms with E-state index >= 15 is 0 Å². The lowest BCUT2D eigenvalue weighted by molar-refractivity contribution is 0.0547. The summed E-state index contributed by atoms with van der Waals surface area (Å²) in [6.07, 6.45) is 1.73. The molecule has 0 aliphatic rings. The molecule has 0 atom stereocenters. The highest BCUT2D eigenvalue weighted by molar-refractivity contribution is 6.28. The Bertz CT molecular complexity index is 618. The minimum atomic E-state index is 0.108. The first-order valence-electron chi connectivity index (χ1n) is 7.92. The summed E-state index contributed by atoms with van der Waals surface area (Å²) >= 11 is 5.93. The fourth-order valence-corrected chi connectivity index (χ4v) is 1.98. The summed E-state index contributed by atoms with van der Waals surface area (Å²) in [6, 6.07) is 5.68. The maximum Gasteiger partial charge on any atom is 0.229 e. The summed E-state index contributed by atoms with van der Waals surface area (Å²) in [5.74, 6) is 0.760. The highest BCUT2D eigenvalue weighted by Gasteiger charge is 2.05. The predicted octanol–water partition coefficient (Wildman–Crippen LogP) is 0.936. The Hall–Kier alpha value is -2.07. The van der Waals surface area contributed by atoms with E-state index in [4.69, 9.17) is 26.8 Å². The number of nitrogens with two attached hydrogens (primary N) is 1. The Morgan fingerprint density at radius 2 is 1.72 bits per heavy atom. The summed E-state index contributed by atoms with van der Waals surface area (Å²) in [7, 11) is 0. The summed E-state index contributed by atoms with van der Waals surface area (Å²) < 4.78 is 10.6. The van der Waals surface area contributed by atoms with Crippen molar-refractivity contribution in [2.45, 2.75) is 6.54 Å². The molecule has 2 rings (SSSR count). The van der Waals surface area contributed by atoms with Gasteiger partial charge in [-0.1, -0.05) is 6.07 Å². The maximum absolute atomic E-state index is 5.93. The number of hydrogen-bond donors (Lipinski definition) is 3. The third-order valence-electron chi connectivity index (χ3n) is 2.93. The van der Waals surface area contributed by atoms with Crippen molar-refractivity contribution in [2.24, 2.45) is 5.73 Å². The average molecular weight is 368 g/mol. The van der Waals surface area contributed by atoms with Gasteiger partial charge in [0.15, 0.2) is 0 Å². The van der Waals surface area contributed by atoms with E-state index in [1.807, 2.05) is 18.2 Å². The Kier molecular flexibility index (Phi) is 8.84. The molecule has 0 aliphatic carbocycles. The number of hydrogen-bond acceptors (Lipinski definition) is 9. The van der Waals surface area contributed by atoms with Crippen LogP contribution < -0.4 is 16.4 Å². The third-order valence-corrected chi connectivity index (χ3v) is 3.09. The summed E-state index contributed by atoms with van der Waals surface area (Å²) in [6.45, 7) is 3.61. The Morgan fingerprint density at radius 1 is 0.960 bits per heavy atom. The molecule has 0 aromatic carbocycles. The van der Waals surface area contributed by atoms with Gasteiger partial charge in [0.25, 0.3) is 0 Å². The number of ether oxygens (including phenoxy) is 2. The van der Waals surface area contributed by atoms with Crippen molar-refractivity contribution in [1.29, 1.82) is 0 Å². The molecule has 0 bridgehead atoms. The number of rotatable bonds is 12. The molecule has 0 aliphatic heterocycles. The van der Waals surface area contributed by atoms with Crippen LogP contribution in [0.3, 0.4) is 0 Å². The van der Waals surface area contributed by atoms with Crippen molar-refractivity contribution in [1.82, 2.24) is 19.9 Å². The van der Waals surface area contributed by atoms with Gasteiger partial charge in [0.2, 0.25) is 17.2 Å². The molecular formula is C15H22ClN7O2. The molecule has 4 N–H and O–H groups in total. The fraction of sp³-hybridized carbons (Fsp3) is 0.467. The van der Waals surface area contributed by atoms with E-state index in [2.05, 4.69) is 30.6 Å². The van der Waals surface area contributed by atoms with E-state index in [9.17, 15) is 0 Å². The van der Waals surface area contributed by atoms with Gasteiger partial charge in [-0.15, -0.1) is 0 Å². The molecule has 0 saturated carbocycles. The topological polar surface area (TPSA) is 120 Å². The van der Waals surface area contributed by atoms with Gasteiger partial charge in [-0.05, 0) is 23.7 Å². The van der Waals surface area contributed by atoms with Crippen molar-refractivity contribution >= 4 is 23.5 Å². The van der Waals surface area contributed by atoms with Gasteiger partial charge >= 0.3 is 0 Å². The molecule has 136 valence electrons. The average Bonchev–Trinajstić information content (AvgIpc) is 2.63. The van der Waals surface area contributed by atoms with Crippen LogP contribution in [0.5, 0.6) is 0 Å². The lowest BCUT2D eigenvalue weighted by Gasteiger charge is -2.09. The van der Waals surface area contributed by atoms with Gasteiger partial charge in [-0.2, -0.15) is 15.0 Å². The largest absolute Gasteiger partial charge is 0.378 e. The van der Waals surface area contributed by atoms with Crippen LogP contribution in [0.1, 0.15) is 5.69 Å². The van der Waals surface area contributed by atoms with Crippen LogP contribution in [0.4, 0.5) is 11.9 Å². The zero-order valence-electron chi connectivity index (χ0n) is 13.8. The zero-order chi connectivity index (χ0) is 17.7. The quantitative estimate of drug-likeness (QED) is 0.470. The first-order chi connectivity index (χ1) is 12.3. The Morgan fingerprint density at radius 3 is 2.44 bits per heavy atom. The SMILES string of the molecule is NCCOCCOCCNc1nc(Cl)nc(NCc2ccccn2)n1. The van der Waals surface area contributed by atoms with Crippen LogP contribution in [0.2, 0.25) is 5.28 Å². The number of nitrogens with one attached hydrogen (secondary N) is 2. The molecule has 10 heteroatoms. The van der Waals surface area contributed by atoms with E-state index in [-0.39, 0.29) is 5.28 Å². The second kappa shape index (κ2) is 11.5. The van der Waals surface area contributed by atoms with Crippen LogP contribution in [-0.2, 0) is 16.0 Å². The lowest BCUT2D eigenvalue weighted by Crippen LogP contribution is -2.16. The number of pyridine rings is 1. The first-order valence-corrected chi connectivity index (χ1v) is 8.30. The number of nitrogens with zero attached hydrogens (tertiary/aromatic N) is 4. The number of anilines is 2. The molecule has 0 unspecified atom stereocenters. The predicted molar refractivity (Wildman–Crippen MR) is 95.6 cm³/mol. The molecule has 2 heterocycles. The molecule has 2 aromatic heterocycles. The van der Waals surface area contributed by atoms with E-state index in [0.717, 1.165) is 5.69 Å². The molecule has 2 aromatic rings. The second-order valence-electron chi connectivity index (χ2n) is 4.87. The van der Waals surface area contributed by atoms with Gasteiger partial charge in [0.05, 0.1) is 38.7 Å². The van der Waals surface area contributed by atoms with Crippen molar-refractivity contribution in [3.63, 3.8) is 0 Å². The van der Waals surface area contributed by atoms with Gasteiger partial charge in [-0.25, -0.2) is 0 Å². The Balaban J connectivity index is 1.71. The van der Waals surface area contributed by atoms with Crippen molar-refractivity contribution < 1.29 is 9.47 Å². The molecule has 9 nitrogen and oxygen atoms in total. The fourth-order valence-electron chi connectivity index (χ4n) is 1.82. The van der Waals surface area contributed by atoms with Crippen LogP contribution >= 0.6 is 11.6 Å². The third kappa shape index (κ3) is 8.03. The lowest BCUT2D eigenvalue weighted by atomic mass is 10.3. The maximum atomic E-state index is 5.93. The van der Waals surface area contributed by atoms with Gasteiger partial charge in [-0.3, -0.25) is 4.98 Å². The van der Waals surface area contributed by atoms with Gasteiger partial charge < -0.3 is 25.8 Å². The van der Waals surface area contributed by atoms with E-state index in [1.54, 1.807) is 6.20 Å². The number of halogens is 1. The molecule has 0 amide bonds. The molecule has 0 radical (unpaired) electrons. The standard InChI is InChI=1S/C15H22ClN7O2/c16-13-21-14(19-6-8-25-10-9-24-7-4-17)23-15(22-13)20-11-12-3-1-2-5-18-12/h1-3,5H,4,6-11,17H2,(H2,19,20,21,22,23). The Labute approximate surface area is 151 Å². The van der Waals surface area contributed by atoms with Crippen molar-refractivity contribution in [3.8, 4) is 0 Å². The summed E-state index contributed by atoms with van der Waals surface area (Å²) in [4.78, 5) is 16.5. The second-order valence-corrected chi connectivity index (χ2v) is 5.20. The molecule has 0 saturated heterocycles. The monoisotopic (exact) mass is 367 g/mol. The van der Waals surface area contributed by atoms with Gasteiger partial charge in [0, 0.05) is 19.3 Å². The number of aromatic nitrogens is 4. The highest BCUT2D eigenvalue weighted by Crippen LogP contribution is 2.10. The smallest absolute Gasteiger partial charge is 0.229 e. The van der Waals surface area contributed by atoms with Crippen LogP contribution in [0.25, 0.3) is 0 Å². The first kappa shape index (κ1) is 19.3. The van der Waals surface area contributed by atoms with Gasteiger partial charge in [0.1, 0.15) is 0 Å². The van der Waals surface area contributed by atoms with Crippen LogP contribution in [0, 0.1) is 0 Å². The van der Waals surface area contributed by atoms with E-state index < -0.39 is 0 Å². The normalized spacial score (nSPS) is 10.6. The van der Waals surface area contributed by atoms with Crippen molar-refractivity contribution in [3.05, 3.63) is 35.4 Å². The van der Waals surface area contributed by atoms with E-state index in [0.29, 0.717) is 58.0 Å².